The third-order valence-corrected chi connectivity index (χ3v) is 7.02. The van der Waals surface area contributed by atoms with Gasteiger partial charge < -0.3 is 9.84 Å². The molecule has 2 fully saturated rings. The molecule has 2 saturated heterocycles. The summed E-state index contributed by atoms with van der Waals surface area (Å²) in [5.41, 5.74) is 1.45. The molecule has 4 heterocycles. The van der Waals surface area contributed by atoms with Crippen molar-refractivity contribution in [2.24, 2.45) is 0 Å². The van der Waals surface area contributed by atoms with Crippen molar-refractivity contribution >= 4 is 0 Å². The Morgan fingerprint density at radius 1 is 1.16 bits per heavy atom. The second kappa shape index (κ2) is 8.40. The van der Waals surface area contributed by atoms with Crippen LogP contribution in [0.15, 0.2) is 18.2 Å². The van der Waals surface area contributed by atoms with Crippen LogP contribution in [0.25, 0.3) is 0 Å². The quantitative estimate of drug-likeness (QED) is 0.695. The van der Waals surface area contributed by atoms with Gasteiger partial charge in [-0.2, -0.15) is 18.3 Å². The van der Waals surface area contributed by atoms with Crippen molar-refractivity contribution in [1.82, 2.24) is 20.0 Å². The lowest BCUT2D eigenvalue weighted by Gasteiger charge is -2.40. The first-order valence-electron chi connectivity index (χ1n) is 11.0. The summed E-state index contributed by atoms with van der Waals surface area (Å²) < 4.78 is 59.5. The van der Waals surface area contributed by atoms with Gasteiger partial charge in [0.25, 0.3) is 0 Å². The van der Waals surface area contributed by atoms with Crippen LogP contribution in [0.5, 0.6) is 0 Å². The van der Waals surface area contributed by atoms with E-state index in [2.05, 4.69) is 15.1 Å². The van der Waals surface area contributed by atoms with E-state index in [1.54, 1.807) is 0 Å². The highest BCUT2D eigenvalue weighted by Crippen LogP contribution is 2.41. The second-order valence-corrected chi connectivity index (χ2v) is 8.86. The highest BCUT2D eigenvalue weighted by Gasteiger charge is 2.40. The number of alkyl halides is 3. The van der Waals surface area contributed by atoms with Crippen LogP contribution in [0.2, 0.25) is 0 Å². The van der Waals surface area contributed by atoms with Crippen LogP contribution in [0.3, 0.4) is 0 Å². The lowest BCUT2D eigenvalue weighted by Crippen LogP contribution is -2.50. The summed E-state index contributed by atoms with van der Waals surface area (Å²) >= 11 is 0. The molecule has 10 heteroatoms. The molecule has 1 aromatic carbocycles. The predicted molar refractivity (Wildman–Crippen MR) is 107 cm³/mol. The van der Waals surface area contributed by atoms with Crippen molar-refractivity contribution in [3.63, 3.8) is 0 Å². The number of nitrogens with one attached hydrogen (secondary N) is 1. The van der Waals surface area contributed by atoms with Gasteiger partial charge in [-0.05, 0) is 30.4 Å². The number of hydrogen-bond donors (Lipinski definition) is 2. The Bertz CT molecular complexity index is 967. The average Bonchev–Trinajstić information content (AvgIpc) is 3.14. The summed E-state index contributed by atoms with van der Waals surface area (Å²) in [6, 6.07) is 3.94. The number of aliphatic hydroxyl groups is 1. The normalized spacial score (nSPS) is 22.5. The van der Waals surface area contributed by atoms with Crippen molar-refractivity contribution in [2.45, 2.75) is 50.2 Å². The first-order valence-corrected chi connectivity index (χ1v) is 11.0. The van der Waals surface area contributed by atoms with E-state index in [-0.39, 0.29) is 5.56 Å². The van der Waals surface area contributed by atoms with Crippen LogP contribution < -0.4 is 0 Å². The standard InChI is InChI=1S/C22H26F4N4O2/c23-17-3-1-2-15(19(17)22(24,25)26)13-4-7-29(8-5-13)21(31)20-16-10-30(14-11-32-12-14)9-6-18(16)27-28-20/h1-3,13-14,21,31H,4-12H2,(H,27,28). The van der Waals surface area contributed by atoms with Gasteiger partial charge in [0.05, 0.1) is 24.8 Å². The summed E-state index contributed by atoms with van der Waals surface area (Å²) in [5.74, 6) is -1.64. The number of rotatable bonds is 4. The number of hydrogen-bond acceptors (Lipinski definition) is 5. The number of nitrogens with zero attached hydrogens (tertiary/aromatic N) is 3. The van der Waals surface area contributed by atoms with E-state index in [0.29, 0.717) is 44.2 Å². The average molecular weight is 454 g/mol. The lowest BCUT2D eigenvalue weighted by molar-refractivity contribution is -0.141. The van der Waals surface area contributed by atoms with Crippen LogP contribution in [-0.2, 0) is 23.9 Å². The Morgan fingerprint density at radius 3 is 2.56 bits per heavy atom. The maximum Gasteiger partial charge on any atom is 0.419 e. The lowest BCUT2D eigenvalue weighted by atomic mass is 9.86. The van der Waals surface area contributed by atoms with Crippen LogP contribution in [0.1, 0.15) is 53.1 Å². The zero-order valence-electron chi connectivity index (χ0n) is 17.5. The minimum atomic E-state index is -4.73. The van der Waals surface area contributed by atoms with E-state index < -0.39 is 29.7 Å². The number of piperidine rings is 1. The number of fused-ring (bicyclic) bond motifs is 1. The summed E-state index contributed by atoms with van der Waals surface area (Å²) in [4.78, 5) is 4.18. The summed E-state index contributed by atoms with van der Waals surface area (Å²) in [5, 5.41) is 18.4. The number of aromatic nitrogens is 2. The van der Waals surface area contributed by atoms with Crippen LogP contribution in [0.4, 0.5) is 17.6 Å². The van der Waals surface area contributed by atoms with E-state index in [9.17, 15) is 22.7 Å². The molecule has 3 aliphatic heterocycles. The van der Waals surface area contributed by atoms with Gasteiger partial charge in [-0.15, -0.1) is 0 Å². The van der Waals surface area contributed by atoms with Gasteiger partial charge in [0.1, 0.15) is 11.5 Å². The summed E-state index contributed by atoms with van der Waals surface area (Å²) in [6.07, 6.45) is -4.03. The Kier molecular flexibility index (Phi) is 5.73. The Balaban J connectivity index is 1.28. The van der Waals surface area contributed by atoms with Crippen LogP contribution in [0, 0.1) is 5.82 Å². The topological polar surface area (TPSA) is 64.6 Å². The molecule has 32 heavy (non-hydrogen) atoms. The summed E-state index contributed by atoms with van der Waals surface area (Å²) in [7, 11) is 0. The molecule has 0 bridgehead atoms. The first kappa shape index (κ1) is 21.8. The van der Waals surface area contributed by atoms with Gasteiger partial charge >= 0.3 is 6.18 Å². The van der Waals surface area contributed by atoms with Gasteiger partial charge in [0, 0.05) is 43.9 Å². The van der Waals surface area contributed by atoms with Gasteiger partial charge in [0.2, 0.25) is 0 Å². The molecular weight excluding hydrogens is 428 g/mol. The van der Waals surface area contributed by atoms with E-state index in [0.717, 1.165) is 43.5 Å². The molecule has 0 spiro atoms. The predicted octanol–water partition coefficient (Wildman–Crippen LogP) is 3.20. The maximum atomic E-state index is 14.0. The molecule has 2 N–H and O–H groups in total. The smallest absolute Gasteiger partial charge is 0.378 e. The fourth-order valence-corrected chi connectivity index (χ4v) is 5.11. The SMILES string of the molecule is OC(c1n[nH]c2c1CN(C1COC1)CC2)N1CCC(c2cccc(F)c2C(F)(F)F)CC1. The van der Waals surface area contributed by atoms with Crippen LogP contribution in [-0.4, -0.2) is 64.0 Å². The van der Waals surface area contributed by atoms with Gasteiger partial charge in [0.15, 0.2) is 6.23 Å². The van der Waals surface area contributed by atoms with Crippen molar-refractivity contribution in [3.05, 3.63) is 52.1 Å². The fraction of sp³-hybridized carbons (Fsp3) is 0.591. The molecule has 174 valence electrons. The highest BCUT2D eigenvalue weighted by molar-refractivity contribution is 5.35. The molecule has 0 saturated carbocycles. The summed E-state index contributed by atoms with van der Waals surface area (Å²) in [6.45, 7) is 3.86. The molecule has 2 aromatic rings. The third kappa shape index (κ3) is 3.93. The minimum absolute atomic E-state index is 0.00199. The number of halogens is 4. The number of likely N-dealkylation sites (tertiary alicyclic amines) is 1. The van der Waals surface area contributed by atoms with E-state index in [1.807, 2.05) is 4.90 Å². The number of H-pyrrole nitrogens is 1. The van der Waals surface area contributed by atoms with Crippen LogP contribution >= 0.6 is 0 Å². The molecule has 0 radical (unpaired) electrons. The minimum Gasteiger partial charge on any atom is -0.378 e. The van der Waals surface area contributed by atoms with Gasteiger partial charge in [-0.1, -0.05) is 12.1 Å². The molecule has 1 unspecified atom stereocenters. The van der Waals surface area contributed by atoms with Gasteiger partial charge in [-0.25, -0.2) is 4.39 Å². The van der Waals surface area contributed by atoms with Crippen molar-refractivity contribution in [1.29, 1.82) is 0 Å². The Morgan fingerprint density at radius 2 is 1.91 bits per heavy atom. The number of ether oxygens (including phenoxy) is 1. The first-order chi connectivity index (χ1) is 15.3. The molecule has 1 atom stereocenters. The highest BCUT2D eigenvalue weighted by atomic mass is 19.4. The van der Waals surface area contributed by atoms with Crippen molar-refractivity contribution < 1.29 is 27.4 Å². The molecular formula is C22H26F4N4O2. The largest absolute Gasteiger partial charge is 0.419 e. The molecule has 5 rings (SSSR count). The zero-order chi connectivity index (χ0) is 22.5. The number of aliphatic hydroxyl groups excluding tert-OH is 1. The van der Waals surface area contributed by atoms with Crippen molar-refractivity contribution in [3.8, 4) is 0 Å². The molecule has 1 aromatic heterocycles. The Hall–Kier alpha value is -2.01. The monoisotopic (exact) mass is 454 g/mol. The molecule has 0 aliphatic carbocycles. The number of benzene rings is 1. The van der Waals surface area contributed by atoms with Crippen molar-refractivity contribution in [2.75, 3.05) is 32.8 Å². The third-order valence-electron chi connectivity index (χ3n) is 7.02. The van der Waals surface area contributed by atoms with E-state index >= 15 is 0 Å². The van der Waals surface area contributed by atoms with E-state index in [4.69, 9.17) is 4.74 Å². The molecule has 6 nitrogen and oxygen atoms in total. The second-order valence-electron chi connectivity index (χ2n) is 8.86. The zero-order valence-corrected chi connectivity index (χ0v) is 17.5. The fourth-order valence-electron chi connectivity index (χ4n) is 5.11. The molecule has 3 aliphatic rings. The van der Waals surface area contributed by atoms with E-state index in [1.165, 1.54) is 12.1 Å². The Labute approximate surface area is 183 Å². The number of aromatic amines is 1. The maximum absolute atomic E-state index is 14.0. The molecule has 0 amide bonds. The van der Waals surface area contributed by atoms with Gasteiger partial charge in [-0.3, -0.25) is 14.9 Å².